The summed E-state index contributed by atoms with van der Waals surface area (Å²) in [4.78, 5) is 11.7. The number of carbonyl (C=O) groups is 1. The van der Waals surface area contributed by atoms with Crippen LogP contribution in [0.2, 0.25) is 5.02 Å². The van der Waals surface area contributed by atoms with Gasteiger partial charge in [-0.15, -0.1) is 0 Å². The van der Waals surface area contributed by atoms with Gasteiger partial charge in [-0.3, -0.25) is 9.52 Å². The van der Waals surface area contributed by atoms with Gasteiger partial charge in [-0.2, -0.15) is 0 Å². The van der Waals surface area contributed by atoms with Gasteiger partial charge in [0.05, 0.1) is 15.6 Å². The Bertz CT molecular complexity index is 772. The van der Waals surface area contributed by atoms with E-state index < -0.39 is 10.0 Å². The molecule has 2 aromatic rings. The standard InChI is InChI=1S/C15H14ClNO3S/c1-2-15(18)11-6-5-7-12(10-11)21(19,20)17-14-9-4-3-8-13(14)16/h3-10,17H,2H2,1H3. The first-order valence-electron chi connectivity index (χ1n) is 6.34. The van der Waals surface area contributed by atoms with Gasteiger partial charge in [-0.05, 0) is 24.3 Å². The summed E-state index contributed by atoms with van der Waals surface area (Å²) in [5.74, 6) is -0.107. The lowest BCUT2D eigenvalue weighted by atomic mass is 10.1. The van der Waals surface area contributed by atoms with E-state index in [1.54, 1.807) is 43.3 Å². The second kappa shape index (κ2) is 6.28. The SMILES string of the molecule is CCC(=O)c1cccc(S(=O)(=O)Nc2ccccc2Cl)c1. The average molecular weight is 324 g/mol. The zero-order chi connectivity index (χ0) is 15.5. The number of ketones is 1. The molecule has 0 fully saturated rings. The molecule has 0 radical (unpaired) electrons. The molecule has 0 aromatic heterocycles. The number of Topliss-reactive ketones (excluding diaryl/α,β-unsaturated/α-hetero) is 1. The maximum atomic E-state index is 12.3. The third kappa shape index (κ3) is 3.62. The molecule has 0 spiro atoms. The predicted octanol–water partition coefficient (Wildman–Crippen LogP) is 3.73. The highest BCUT2D eigenvalue weighted by atomic mass is 35.5. The topological polar surface area (TPSA) is 63.2 Å². The van der Waals surface area contributed by atoms with Crippen molar-refractivity contribution >= 4 is 33.1 Å². The minimum absolute atomic E-state index is 0.0294. The maximum absolute atomic E-state index is 12.3. The number of carbonyl (C=O) groups excluding carboxylic acids is 1. The van der Waals surface area contributed by atoms with E-state index in [-0.39, 0.29) is 10.7 Å². The Morgan fingerprint density at radius 3 is 2.52 bits per heavy atom. The van der Waals surface area contributed by atoms with Gasteiger partial charge >= 0.3 is 0 Å². The monoisotopic (exact) mass is 323 g/mol. The van der Waals surface area contributed by atoms with Crippen LogP contribution >= 0.6 is 11.6 Å². The molecule has 0 saturated heterocycles. The zero-order valence-electron chi connectivity index (χ0n) is 11.3. The lowest BCUT2D eigenvalue weighted by Gasteiger charge is -2.10. The second-order valence-corrected chi connectivity index (χ2v) is 6.48. The van der Waals surface area contributed by atoms with Crippen LogP contribution in [0.15, 0.2) is 53.4 Å². The summed E-state index contributed by atoms with van der Waals surface area (Å²) in [5.41, 5.74) is 0.672. The normalized spacial score (nSPS) is 11.1. The smallest absolute Gasteiger partial charge is 0.261 e. The van der Waals surface area contributed by atoms with Crippen molar-refractivity contribution in [1.29, 1.82) is 0 Å². The Morgan fingerprint density at radius 1 is 1.14 bits per heavy atom. The molecule has 0 saturated carbocycles. The summed E-state index contributed by atoms with van der Waals surface area (Å²) in [6.45, 7) is 1.73. The van der Waals surface area contributed by atoms with E-state index in [0.717, 1.165) is 0 Å². The third-order valence-electron chi connectivity index (χ3n) is 2.91. The third-order valence-corrected chi connectivity index (χ3v) is 4.60. The Kier molecular flexibility index (Phi) is 4.65. The van der Waals surface area contributed by atoms with Gasteiger partial charge in [-0.1, -0.05) is 42.8 Å². The van der Waals surface area contributed by atoms with Gasteiger partial charge in [0.2, 0.25) is 0 Å². The highest BCUT2D eigenvalue weighted by Gasteiger charge is 2.17. The fraction of sp³-hybridized carbons (Fsp3) is 0.133. The molecule has 6 heteroatoms. The number of hydrogen-bond donors (Lipinski definition) is 1. The van der Waals surface area contributed by atoms with Crippen molar-refractivity contribution in [3.05, 3.63) is 59.1 Å². The van der Waals surface area contributed by atoms with E-state index in [1.807, 2.05) is 0 Å². The maximum Gasteiger partial charge on any atom is 0.261 e. The molecule has 0 aliphatic rings. The number of anilines is 1. The molecular weight excluding hydrogens is 310 g/mol. The summed E-state index contributed by atoms with van der Waals surface area (Å²) >= 11 is 5.94. The molecule has 0 amide bonds. The Hall–Kier alpha value is -1.85. The van der Waals surface area contributed by atoms with Crippen LogP contribution < -0.4 is 4.72 Å². The molecular formula is C15H14ClNO3S. The highest BCUT2D eigenvalue weighted by Crippen LogP contribution is 2.24. The van der Waals surface area contributed by atoms with Crippen molar-refractivity contribution in [2.75, 3.05) is 4.72 Å². The summed E-state index contributed by atoms with van der Waals surface area (Å²) in [6, 6.07) is 12.5. The lowest BCUT2D eigenvalue weighted by molar-refractivity contribution is 0.0988. The molecule has 1 N–H and O–H groups in total. The summed E-state index contributed by atoms with van der Waals surface area (Å²) in [6.07, 6.45) is 0.321. The van der Waals surface area contributed by atoms with E-state index in [0.29, 0.717) is 22.7 Å². The first kappa shape index (κ1) is 15.5. The van der Waals surface area contributed by atoms with Crippen LogP contribution in [0.4, 0.5) is 5.69 Å². The van der Waals surface area contributed by atoms with Crippen LogP contribution in [0, 0.1) is 0 Å². The van der Waals surface area contributed by atoms with Crippen LogP contribution in [0.5, 0.6) is 0 Å². The first-order chi connectivity index (χ1) is 9.94. The quantitative estimate of drug-likeness (QED) is 0.853. The van der Waals surface area contributed by atoms with E-state index in [9.17, 15) is 13.2 Å². The number of para-hydroxylation sites is 1. The molecule has 2 aromatic carbocycles. The van der Waals surface area contributed by atoms with Crippen LogP contribution in [-0.2, 0) is 10.0 Å². The van der Waals surface area contributed by atoms with Crippen LogP contribution in [0.1, 0.15) is 23.7 Å². The van der Waals surface area contributed by atoms with E-state index >= 15 is 0 Å². The molecule has 21 heavy (non-hydrogen) atoms. The zero-order valence-corrected chi connectivity index (χ0v) is 12.9. The fourth-order valence-electron chi connectivity index (χ4n) is 1.79. The molecule has 2 rings (SSSR count). The Labute approximate surface area is 128 Å². The number of benzene rings is 2. The molecule has 0 atom stereocenters. The van der Waals surface area contributed by atoms with Crippen LogP contribution in [0.3, 0.4) is 0 Å². The van der Waals surface area contributed by atoms with E-state index in [1.165, 1.54) is 12.1 Å². The molecule has 0 aliphatic carbocycles. The van der Waals surface area contributed by atoms with Gasteiger partial charge in [0.1, 0.15) is 0 Å². The Balaban J connectivity index is 2.36. The summed E-state index contributed by atoms with van der Waals surface area (Å²) < 4.78 is 27.1. The number of halogens is 1. The molecule has 0 heterocycles. The lowest BCUT2D eigenvalue weighted by Crippen LogP contribution is -2.14. The average Bonchev–Trinajstić information content (AvgIpc) is 2.49. The largest absolute Gasteiger partial charge is 0.294 e. The van der Waals surface area contributed by atoms with E-state index in [4.69, 9.17) is 11.6 Å². The molecule has 0 unspecified atom stereocenters. The fourth-order valence-corrected chi connectivity index (χ4v) is 3.15. The van der Waals surface area contributed by atoms with Crippen molar-refractivity contribution in [2.24, 2.45) is 0 Å². The van der Waals surface area contributed by atoms with Crippen LogP contribution in [-0.4, -0.2) is 14.2 Å². The molecule has 0 bridgehead atoms. The molecule has 110 valence electrons. The van der Waals surface area contributed by atoms with E-state index in [2.05, 4.69) is 4.72 Å². The molecule has 0 aliphatic heterocycles. The Morgan fingerprint density at radius 2 is 1.86 bits per heavy atom. The molecule has 4 nitrogen and oxygen atoms in total. The van der Waals surface area contributed by atoms with Crippen molar-refractivity contribution in [3.8, 4) is 0 Å². The number of nitrogens with one attached hydrogen (secondary N) is 1. The van der Waals surface area contributed by atoms with Gasteiger partial charge in [0.15, 0.2) is 5.78 Å². The number of sulfonamides is 1. The predicted molar refractivity (Wildman–Crippen MR) is 83.3 cm³/mol. The van der Waals surface area contributed by atoms with Gasteiger partial charge in [0.25, 0.3) is 10.0 Å². The van der Waals surface area contributed by atoms with Crippen LogP contribution in [0.25, 0.3) is 0 Å². The van der Waals surface area contributed by atoms with Crippen molar-refractivity contribution in [1.82, 2.24) is 0 Å². The number of rotatable bonds is 5. The van der Waals surface area contributed by atoms with Gasteiger partial charge in [-0.25, -0.2) is 8.42 Å². The first-order valence-corrected chi connectivity index (χ1v) is 8.21. The highest BCUT2D eigenvalue weighted by molar-refractivity contribution is 7.92. The second-order valence-electron chi connectivity index (χ2n) is 4.39. The van der Waals surface area contributed by atoms with Gasteiger partial charge < -0.3 is 0 Å². The summed E-state index contributed by atoms with van der Waals surface area (Å²) in [7, 11) is -3.79. The van der Waals surface area contributed by atoms with Crippen molar-refractivity contribution < 1.29 is 13.2 Å². The minimum atomic E-state index is -3.79. The summed E-state index contributed by atoms with van der Waals surface area (Å²) in [5, 5.41) is 0.307. The minimum Gasteiger partial charge on any atom is -0.294 e. The number of hydrogen-bond acceptors (Lipinski definition) is 3. The van der Waals surface area contributed by atoms with Crippen molar-refractivity contribution in [3.63, 3.8) is 0 Å². The van der Waals surface area contributed by atoms with Gasteiger partial charge in [0, 0.05) is 12.0 Å². The van der Waals surface area contributed by atoms with Crippen molar-refractivity contribution in [2.45, 2.75) is 18.2 Å².